The number of nitrogens with zero attached hydrogens (tertiary/aromatic N) is 1. The minimum absolute atomic E-state index is 0.718. The Morgan fingerprint density at radius 1 is 1.10 bits per heavy atom. The molecule has 4 rings (SSSR count). The zero-order valence-electron chi connectivity index (χ0n) is 11.3. The Hall–Kier alpha value is -1.29. The Balaban J connectivity index is 1.60. The lowest BCUT2D eigenvalue weighted by Gasteiger charge is -2.12. The molecule has 2 heterocycles. The maximum absolute atomic E-state index is 6.08. The lowest BCUT2D eigenvalue weighted by molar-refractivity contribution is 0.253. The molecule has 2 nitrogen and oxygen atoms in total. The molecule has 4 heteroatoms. The Morgan fingerprint density at radius 2 is 1.81 bits per heavy atom. The summed E-state index contributed by atoms with van der Waals surface area (Å²) >= 11 is 9.59. The first-order chi connectivity index (χ1) is 10.2. The molecule has 0 aliphatic carbocycles. The molecule has 21 heavy (non-hydrogen) atoms. The summed E-state index contributed by atoms with van der Waals surface area (Å²) in [5.41, 5.74) is 3.70. The van der Waals surface area contributed by atoms with Crippen molar-refractivity contribution in [2.24, 2.45) is 0 Å². The fraction of sp³-hybridized carbons (Fsp3) is 0.176. The van der Waals surface area contributed by atoms with Crippen molar-refractivity contribution in [1.82, 2.24) is 4.90 Å². The number of fused-ring (bicyclic) bond motifs is 2. The van der Waals surface area contributed by atoms with Gasteiger partial charge in [-0.25, -0.2) is 0 Å². The van der Waals surface area contributed by atoms with Crippen LogP contribution < -0.4 is 0 Å². The Labute approximate surface area is 136 Å². The minimum Gasteiger partial charge on any atom is -0.459 e. The van der Waals surface area contributed by atoms with Gasteiger partial charge in [0.25, 0.3) is 0 Å². The van der Waals surface area contributed by atoms with Gasteiger partial charge in [0.05, 0.1) is 11.0 Å². The van der Waals surface area contributed by atoms with E-state index in [0.29, 0.717) is 0 Å². The SMILES string of the molecule is Clc1cc(Br)c2oc(CN3Cc4ccccc4C3)cc2c1. The first-order valence-electron chi connectivity index (χ1n) is 6.85. The van der Waals surface area contributed by atoms with Gasteiger partial charge in [-0.15, -0.1) is 0 Å². The summed E-state index contributed by atoms with van der Waals surface area (Å²) in [7, 11) is 0. The normalized spacial score (nSPS) is 14.8. The zero-order chi connectivity index (χ0) is 14.4. The van der Waals surface area contributed by atoms with Gasteiger partial charge >= 0.3 is 0 Å². The lowest BCUT2D eigenvalue weighted by Crippen LogP contribution is -2.14. The van der Waals surface area contributed by atoms with Crippen LogP contribution in [0, 0.1) is 0 Å². The van der Waals surface area contributed by atoms with E-state index in [9.17, 15) is 0 Å². The van der Waals surface area contributed by atoms with Crippen molar-refractivity contribution >= 4 is 38.5 Å². The maximum Gasteiger partial charge on any atom is 0.148 e. The summed E-state index contributed by atoms with van der Waals surface area (Å²) in [5, 5.41) is 1.76. The van der Waals surface area contributed by atoms with Gasteiger partial charge in [0.1, 0.15) is 11.3 Å². The predicted octanol–water partition coefficient (Wildman–Crippen LogP) is 5.36. The van der Waals surface area contributed by atoms with Crippen LogP contribution in [0.15, 0.2) is 51.4 Å². The zero-order valence-corrected chi connectivity index (χ0v) is 13.6. The summed E-state index contributed by atoms with van der Waals surface area (Å²) < 4.78 is 6.87. The monoisotopic (exact) mass is 361 g/mol. The van der Waals surface area contributed by atoms with E-state index < -0.39 is 0 Å². The van der Waals surface area contributed by atoms with Gasteiger partial charge in [-0.3, -0.25) is 4.90 Å². The average molecular weight is 363 g/mol. The molecule has 106 valence electrons. The van der Waals surface area contributed by atoms with Gasteiger partial charge in [0.2, 0.25) is 0 Å². The highest BCUT2D eigenvalue weighted by atomic mass is 79.9. The molecule has 1 aliphatic rings. The Morgan fingerprint density at radius 3 is 2.52 bits per heavy atom. The van der Waals surface area contributed by atoms with Gasteiger partial charge in [0, 0.05) is 23.5 Å². The number of rotatable bonds is 2. The molecule has 1 aliphatic heterocycles. The predicted molar refractivity (Wildman–Crippen MR) is 88.3 cm³/mol. The molecule has 3 aromatic rings. The van der Waals surface area contributed by atoms with E-state index in [0.717, 1.165) is 45.9 Å². The summed E-state index contributed by atoms with van der Waals surface area (Å²) in [4.78, 5) is 2.39. The van der Waals surface area contributed by atoms with Crippen LogP contribution in [-0.4, -0.2) is 4.90 Å². The van der Waals surface area contributed by atoms with Crippen LogP contribution in [0.4, 0.5) is 0 Å². The van der Waals surface area contributed by atoms with Crippen molar-refractivity contribution in [1.29, 1.82) is 0 Å². The molecule has 0 saturated carbocycles. The van der Waals surface area contributed by atoms with Gasteiger partial charge in [0.15, 0.2) is 0 Å². The number of hydrogen-bond acceptors (Lipinski definition) is 2. The van der Waals surface area contributed by atoms with E-state index in [4.69, 9.17) is 16.0 Å². The van der Waals surface area contributed by atoms with E-state index in [1.54, 1.807) is 0 Å². The first-order valence-corrected chi connectivity index (χ1v) is 8.03. The largest absolute Gasteiger partial charge is 0.459 e. The standard InChI is InChI=1S/C17H13BrClNO/c18-16-7-14(19)5-13-6-15(21-17(13)16)10-20-8-11-3-1-2-4-12(11)9-20/h1-7H,8-10H2. The van der Waals surface area contributed by atoms with Crippen LogP contribution in [-0.2, 0) is 19.6 Å². The van der Waals surface area contributed by atoms with Crippen LogP contribution in [0.2, 0.25) is 5.02 Å². The molecular weight excluding hydrogens is 350 g/mol. The highest BCUT2D eigenvalue weighted by molar-refractivity contribution is 9.10. The summed E-state index contributed by atoms with van der Waals surface area (Å²) in [6.45, 7) is 2.78. The second-order valence-electron chi connectivity index (χ2n) is 5.43. The molecule has 0 radical (unpaired) electrons. The third-order valence-electron chi connectivity index (χ3n) is 3.87. The van der Waals surface area contributed by atoms with Gasteiger partial charge in [-0.1, -0.05) is 35.9 Å². The quantitative estimate of drug-likeness (QED) is 0.610. The van der Waals surface area contributed by atoms with Gasteiger partial charge < -0.3 is 4.42 Å². The minimum atomic E-state index is 0.718. The third-order valence-corrected chi connectivity index (χ3v) is 4.68. The van der Waals surface area contributed by atoms with Crippen LogP contribution in [0.3, 0.4) is 0 Å². The van der Waals surface area contributed by atoms with Gasteiger partial charge in [-0.2, -0.15) is 0 Å². The fourth-order valence-corrected chi connectivity index (χ4v) is 3.86. The maximum atomic E-state index is 6.08. The van der Waals surface area contributed by atoms with Crippen molar-refractivity contribution in [3.8, 4) is 0 Å². The molecule has 0 spiro atoms. The molecule has 0 atom stereocenters. The molecule has 1 aromatic heterocycles. The van der Waals surface area contributed by atoms with E-state index >= 15 is 0 Å². The second kappa shape index (κ2) is 5.16. The third kappa shape index (κ3) is 2.50. The topological polar surface area (TPSA) is 16.4 Å². The molecule has 2 aromatic carbocycles. The average Bonchev–Trinajstić information content (AvgIpc) is 3.01. The van der Waals surface area contributed by atoms with Crippen LogP contribution in [0.1, 0.15) is 16.9 Å². The highest BCUT2D eigenvalue weighted by Crippen LogP contribution is 2.32. The van der Waals surface area contributed by atoms with Gasteiger partial charge in [-0.05, 0) is 45.3 Å². The highest BCUT2D eigenvalue weighted by Gasteiger charge is 2.20. The number of furan rings is 1. The number of hydrogen-bond donors (Lipinski definition) is 0. The van der Waals surface area contributed by atoms with Crippen LogP contribution in [0.25, 0.3) is 11.0 Å². The smallest absolute Gasteiger partial charge is 0.148 e. The molecule has 0 amide bonds. The van der Waals surface area contributed by atoms with Crippen molar-refractivity contribution in [3.63, 3.8) is 0 Å². The van der Waals surface area contributed by atoms with Crippen molar-refractivity contribution < 1.29 is 4.42 Å². The van der Waals surface area contributed by atoms with Crippen molar-refractivity contribution in [2.75, 3.05) is 0 Å². The van der Waals surface area contributed by atoms with E-state index in [2.05, 4.69) is 51.2 Å². The Kier molecular flexibility index (Phi) is 3.29. The van der Waals surface area contributed by atoms with Crippen LogP contribution >= 0.6 is 27.5 Å². The molecule has 0 fully saturated rings. The summed E-state index contributed by atoms with van der Waals surface area (Å²) in [6.07, 6.45) is 0. The molecular formula is C17H13BrClNO. The second-order valence-corrected chi connectivity index (χ2v) is 6.72. The van der Waals surface area contributed by atoms with Crippen molar-refractivity contribution in [3.05, 3.63) is 68.8 Å². The molecule has 0 unspecified atom stereocenters. The molecule has 0 N–H and O–H groups in total. The number of halogens is 2. The van der Waals surface area contributed by atoms with E-state index in [1.165, 1.54) is 11.1 Å². The molecule has 0 bridgehead atoms. The lowest BCUT2D eigenvalue weighted by atomic mass is 10.1. The first kappa shape index (κ1) is 13.4. The fourth-order valence-electron chi connectivity index (χ4n) is 2.94. The van der Waals surface area contributed by atoms with E-state index in [-0.39, 0.29) is 0 Å². The molecule has 0 saturated heterocycles. The number of benzene rings is 2. The van der Waals surface area contributed by atoms with Crippen LogP contribution in [0.5, 0.6) is 0 Å². The summed E-state index contributed by atoms with van der Waals surface area (Å²) in [6, 6.07) is 14.5. The summed E-state index contributed by atoms with van der Waals surface area (Å²) in [5.74, 6) is 0.973. The van der Waals surface area contributed by atoms with Crippen molar-refractivity contribution in [2.45, 2.75) is 19.6 Å². The Bertz CT molecular complexity index is 802. The van der Waals surface area contributed by atoms with E-state index in [1.807, 2.05) is 12.1 Å².